The molecule has 1 aromatic carbocycles. The maximum atomic E-state index is 12.1. The predicted octanol–water partition coefficient (Wildman–Crippen LogP) is 2.93. The first-order valence-corrected chi connectivity index (χ1v) is 9.39. The number of fused-ring (bicyclic) bond motifs is 1. The lowest BCUT2D eigenvalue weighted by atomic mass is 10.1. The Morgan fingerprint density at radius 2 is 2.33 bits per heavy atom. The molecule has 2 aromatic rings. The van der Waals surface area contributed by atoms with Crippen molar-refractivity contribution in [3.8, 4) is 0 Å². The molecule has 1 amide bonds. The standard InChI is InChI=1S/C18H24N2O3S/c1-13(23-12-14-6-4-5-11-22-14)18(21)19-10-9-17-20-15-7-2-3-8-16(15)24-17/h2-3,7-8,13-14H,4-6,9-12H2,1H3,(H,19,21)/t13-,14+/m0/s1. The summed E-state index contributed by atoms with van der Waals surface area (Å²) in [4.78, 5) is 16.7. The molecule has 1 aliphatic heterocycles. The van der Waals surface area contributed by atoms with Crippen LogP contribution >= 0.6 is 11.3 Å². The van der Waals surface area contributed by atoms with Crippen molar-refractivity contribution in [2.75, 3.05) is 19.8 Å². The van der Waals surface area contributed by atoms with Crippen molar-refractivity contribution in [1.82, 2.24) is 10.3 Å². The number of para-hydroxylation sites is 1. The molecule has 0 bridgehead atoms. The molecule has 1 saturated heterocycles. The van der Waals surface area contributed by atoms with Gasteiger partial charge in [-0.3, -0.25) is 4.79 Å². The second-order valence-electron chi connectivity index (χ2n) is 6.08. The lowest BCUT2D eigenvalue weighted by molar-refractivity contribution is -0.135. The predicted molar refractivity (Wildman–Crippen MR) is 95.3 cm³/mol. The molecule has 5 nitrogen and oxygen atoms in total. The molecule has 2 heterocycles. The fourth-order valence-electron chi connectivity index (χ4n) is 2.73. The van der Waals surface area contributed by atoms with Crippen molar-refractivity contribution < 1.29 is 14.3 Å². The van der Waals surface area contributed by atoms with E-state index < -0.39 is 6.10 Å². The van der Waals surface area contributed by atoms with Gasteiger partial charge in [0.15, 0.2) is 0 Å². The molecule has 0 aliphatic carbocycles. The smallest absolute Gasteiger partial charge is 0.248 e. The maximum Gasteiger partial charge on any atom is 0.248 e. The van der Waals surface area contributed by atoms with Gasteiger partial charge in [-0.05, 0) is 38.3 Å². The quantitative estimate of drug-likeness (QED) is 0.836. The number of thiazole rings is 1. The van der Waals surface area contributed by atoms with Gasteiger partial charge < -0.3 is 14.8 Å². The Morgan fingerprint density at radius 3 is 3.12 bits per heavy atom. The number of nitrogens with one attached hydrogen (secondary N) is 1. The van der Waals surface area contributed by atoms with E-state index in [2.05, 4.69) is 16.4 Å². The topological polar surface area (TPSA) is 60.5 Å². The van der Waals surface area contributed by atoms with Crippen LogP contribution in [0, 0.1) is 0 Å². The average molecular weight is 348 g/mol. The summed E-state index contributed by atoms with van der Waals surface area (Å²) in [6.45, 7) is 3.66. The number of carbonyl (C=O) groups is 1. The molecule has 6 heteroatoms. The van der Waals surface area contributed by atoms with E-state index in [0.29, 0.717) is 13.2 Å². The van der Waals surface area contributed by atoms with E-state index in [9.17, 15) is 4.79 Å². The van der Waals surface area contributed by atoms with Gasteiger partial charge >= 0.3 is 0 Å². The highest BCUT2D eigenvalue weighted by Gasteiger charge is 2.18. The van der Waals surface area contributed by atoms with Crippen LogP contribution in [0.25, 0.3) is 10.2 Å². The minimum absolute atomic E-state index is 0.0769. The zero-order chi connectivity index (χ0) is 16.8. The summed E-state index contributed by atoms with van der Waals surface area (Å²) in [5.74, 6) is -0.0769. The summed E-state index contributed by atoms with van der Waals surface area (Å²) in [5.41, 5.74) is 1.02. The Balaban J connectivity index is 1.38. The van der Waals surface area contributed by atoms with E-state index in [0.717, 1.165) is 36.4 Å². The van der Waals surface area contributed by atoms with E-state index in [4.69, 9.17) is 9.47 Å². The van der Waals surface area contributed by atoms with Crippen LogP contribution in [0.5, 0.6) is 0 Å². The highest BCUT2D eigenvalue weighted by molar-refractivity contribution is 7.18. The van der Waals surface area contributed by atoms with Gasteiger partial charge in [-0.25, -0.2) is 4.98 Å². The third-order valence-electron chi connectivity index (χ3n) is 4.15. The van der Waals surface area contributed by atoms with Gasteiger partial charge in [0.1, 0.15) is 6.10 Å². The number of ether oxygens (including phenoxy) is 2. The summed E-state index contributed by atoms with van der Waals surface area (Å²) >= 11 is 1.68. The van der Waals surface area contributed by atoms with Crippen molar-refractivity contribution in [1.29, 1.82) is 0 Å². The number of benzene rings is 1. The Bertz CT molecular complexity index is 634. The molecule has 0 unspecified atom stereocenters. The first-order valence-electron chi connectivity index (χ1n) is 8.58. The van der Waals surface area contributed by atoms with Crippen LogP contribution < -0.4 is 5.32 Å². The molecule has 3 rings (SSSR count). The Labute approximate surface area is 146 Å². The van der Waals surface area contributed by atoms with E-state index in [1.165, 1.54) is 11.1 Å². The molecular formula is C18H24N2O3S. The van der Waals surface area contributed by atoms with Gasteiger partial charge in [-0.1, -0.05) is 12.1 Å². The SMILES string of the molecule is C[C@H](OC[C@H]1CCCCO1)C(=O)NCCc1nc2ccccc2s1. The van der Waals surface area contributed by atoms with Crippen LogP contribution in [0.15, 0.2) is 24.3 Å². The lowest BCUT2D eigenvalue weighted by Crippen LogP contribution is -2.37. The second-order valence-corrected chi connectivity index (χ2v) is 7.20. The second kappa shape index (κ2) is 8.55. The molecule has 130 valence electrons. The van der Waals surface area contributed by atoms with Crippen LogP contribution in [0.1, 0.15) is 31.2 Å². The molecule has 0 radical (unpaired) electrons. The largest absolute Gasteiger partial charge is 0.376 e. The first kappa shape index (κ1) is 17.3. The molecule has 1 N–H and O–H groups in total. The first-order chi connectivity index (χ1) is 11.7. The highest BCUT2D eigenvalue weighted by Crippen LogP contribution is 2.21. The van der Waals surface area contributed by atoms with Crippen molar-refractivity contribution in [2.45, 2.75) is 44.8 Å². The van der Waals surface area contributed by atoms with Crippen LogP contribution in [-0.4, -0.2) is 42.9 Å². The third kappa shape index (κ3) is 4.75. The van der Waals surface area contributed by atoms with Gasteiger partial charge in [0.25, 0.3) is 0 Å². The fraction of sp³-hybridized carbons (Fsp3) is 0.556. The molecule has 24 heavy (non-hydrogen) atoms. The molecule has 0 saturated carbocycles. The summed E-state index contributed by atoms with van der Waals surface area (Å²) < 4.78 is 12.4. The number of hydrogen-bond acceptors (Lipinski definition) is 5. The highest BCUT2D eigenvalue weighted by atomic mass is 32.1. The summed E-state index contributed by atoms with van der Waals surface area (Å²) in [5, 5.41) is 3.97. The average Bonchev–Trinajstić information content (AvgIpc) is 3.03. The number of nitrogens with zero attached hydrogens (tertiary/aromatic N) is 1. The van der Waals surface area contributed by atoms with E-state index in [1.807, 2.05) is 18.2 Å². The van der Waals surface area contributed by atoms with Gasteiger partial charge in [0.2, 0.25) is 5.91 Å². The van der Waals surface area contributed by atoms with Crippen molar-refractivity contribution in [3.05, 3.63) is 29.3 Å². The van der Waals surface area contributed by atoms with E-state index in [-0.39, 0.29) is 12.0 Å². The third-order valence-corrected chi connectivity index (χ3v) is 5.25. The Hall–Kier alpha value is -1.50. The number of rotatable bonds is 7. The molecule has 1 aromatic heterocycles. The Morgan fingerprint density at radius 1 is 1.46 bits per heavy atom. The van der Waals surface area contributed by atoms with Gasteiger partial charge in [-0.2, -0.15) is 0 Å². The lowest BCUT2D eigenvalue weighted by Gasteiger charge is -2.23. The number of carbonyl (C=O) groups excluding carboxylic acids is 1. The zero-order valence-corrected chi connectivity index (χ0v) is 14.8. The molecule has 1 aliphatic rings. The van der Waals surface area contributed by atoms with Crippen LogP contribution in [0.4, 0.5) is 0 Å². The molecule has 0 spiro atoms. The number of amides is 1. The van der Waals surface area contributed by atoms with Crippen LogP contribution in [-0.2, 0) is 20.7 Å². The summed E-state index contributed by atoms with van der Waals surface area (Å²) in [6.07, 6.45) is 3.74. The number of hydrogen-bond donors (Lipinski definition) is 1. The van der Waals surface area contributed by atoms with Crippen molar-refractivity contribution >= 4 is 27.5 Å². The summed E-state index contributed by atoms with van der Waals surface area (Å²) in [7, 11) is 0. The van der Waals surface area contributed by atoms with Crippen LogP contribution in [0.2, 0.25) is 0 Å². The maximum absolute atomic E-state index is 12.1. The number of aromatic nitrogens is 1. The van der Waals surface area contributed by atoms with Gasteiger partial charge in [0, 0.05) is 19.6 Å². The van der Waals surface area contributed by atoms with Crippen molar-refractivity contribution in [2.24, 2.45) is 0 Å². The minimum Gasteiger partial charge on any atom is -0.376 e. The molecule has 1 fully saturated rings. The molecule has 2 atom stereocenters. The van der Waals surface area contributed by atoms with Gasteiger partial charge in [-0.15, -0.1) is 11.3 Å². The minimum atomic E-state index is -0.453. The molecular weight excluding hydrogens is 324 g/mol. The van der Waals surface area contributed by atoms with Crippen LogP contribution in [0.3, 0.4) is 0 Å². The van der Waals surface area contributed by atoms with Crippen molar-refractivity contribution in [3.63, 3.8) is 0 Å². The van der Waals surface area contributed by atoms with Gasteiger partial charge in [0.05, 0.1) is 27.9 Å². The Kier molecular flexibility index (Phi) is 6.18. The van der Waals surface area contributed by atoms with E-state index >= 15 is 0 Å². The van der Waals surface area contributed by atoms with E-state index in [1.54, 1.807) is 18.3 Å². The zero-order valence-electron chi connectivity index (χ0n) is 14.0. The normalized spacial score (nSPS) is 19.3. The fourth-order valence-corrected chi connectivity index (χ4v) is 3.70. The summed E-state index contributed by atoms with van der Waals surface area (Å²) in [6, 6.07) is 8.08. The monoisotopic (exact) mass is 348 g/mol.